The summed E-state index contributed by atoms with van der Waals surface area (Å²) >= 11 is 0. The normalized spacial score (nSPS) is 31.3. The van der Waals surface area contributed by atoms with Gasteiger partial charge in [0.1, 0.15) is 17.6 Å². The number of aliphatic hydroxyl groups is 1. The van der Waals surface area contributed by atoms with Crippen LogP contribution in [0.3, 0.4) is 0 Å². The maximum absolute atomic E-state index is 14.5. The molecule has 8 nitrogen and oxygen atoms in total. The molecule has 8 heteroatoms. The SMILES string of the molecule is C=CCN(C(=O)C1N([C@H](C)CO)C(=O)[C@@H]2[C@H](C(=O)OCC)[C@]3(CC)CCC12O3)c1c(C)cccc1C. The van der Waals surface area contributed by atoms with Crippen LogP contribution < -0.4 is 4.90 Å². The van der Waals surface area contributed by atoms with Crippen LogP contribution in [-0.4, -0.2) is 70.8 Å². The minimum absolute atomic E-state index is 0.196. The predicted molar refractivity (Wildman–Crippen MR) is 135 cm³/mol. The molecule has 3 aliphatic heterocycles. The second-order valence-electron chi connectivity index (χ2n) is 10.3. The molecule has 1 aromatic rings. The Balaban J connectivity index is 1.88. The Morgan fingerprint density at radius 3 is 2.53 bits per heavy atom. The standard InChI is InChI=1S/C28H38N2O6/c1-7-15-29(22-17(4)11-10-12-18(22)5)25(33)23-28-14-13-27(8-2,36-28)21(26(34)35-9-3)20(28)24(32)30(23)19(6)16-31/h7,10-12,19-21,23,31H,1,8-9,13-16H2,2-6H3/t19-,20+,21-,23?,27+,28?/m1/s1. The summed E-state index contributed by atoms with van der Waals surface area (Å²) < 4.78 is 12.2. The predicted octanol–water partition coefficient (Wildman–Crippen LogP) is 2.92. The molecule has 0 aliphatic carbocycles. The van der Waals surface area contributed by atoms with Gasteiger partial charge >= 0.3 is 5.97 Å². The van der Waals surface area contributed by atoms with Gasteiger partial charge in [-0.1, -0.05) is 31.2 Å². The van der Waals surface area contributed by atoms with Gasteiger partial charge in [0.2, 0.25) is 5.91 Å². The fourth-order valence-electron chi connectivity index (χ4n) is 6.89. The second-order valence-corrected chi connectivity index (χ2v) is 10.3. The molecule has 1 spiro atoms. The molecule has 0 saturated carbocycles. The number of carbonyl (C=O) groups excluding carboxylic acids is 3. The first-order valence-corrected chi connectivity index (χ1v) is 12.9. The third kappa shape index (κ3) is 3.60. The lowest BCUT2D eigenvalue weighted by atomic mass is 9.65. The second kappa shape index (κ2) is 9.63. The van der Waals surface area contributed by atoms with E-state index in [9.17, 15) is 19.5 Å². The largest absolute Gasteiger partial charge is 0.466 e. The molecular formula is C28H38N2O6. The first kappa shape index (κ1) is 26.4. The van der Waals surface area contributed by atoms with Crippen LogP contribution in [0.2, 0.25) is 0 Å². The van der Waals surface area contributed by atoms with Crippen molar-refractivity contribution in [2.24, 2.45) is 11.8 Å². The molecule has 36 heavy (non-hydrogen) atoms. The van der Waals surface area contributed by atoms with Crippen molar-refractivity contribution in [1.29, 1.82) is 0 Å². The van der Waals surface area contributed by atoms with Crippen LogP contribution in [0.1, 0.15) is 51.2 Å². The van der Waals surface area contributed by atoms with Crippen LogP contribution >= 0.6 is 0 Å². The van der Waals surface area contributed by atoms with Crippen molar-refractivity contribution in [2.75, 3.05) is 24.7 Å². The van der Waals surface area contributed by atoms with Crippen LogP contribution in [0.15, 0.2) is 30.9 Å². The van der Waals surface area contributed by atoms with Gasteiger partial charge in [-0.25, -0.2) is 0 Å². The number of hydrogen-bond acceptors (Lipinski definition) is 6. The van der Waals surface area contributed by atoms with Crippen molar-refractivity contribution < 1.29 is 29.0 Å². The van der Waals surface area contributed by atoms with Gasteiger partial charge in [0.15, 0.2) is 0 Å². The highest BCUT2D eigenvalue weighted by atomic mass is 16.6. The fourth-order valence-corrected chi connectivity index (χ4v) is 6.89. The van der Waals surface area contributed by atoms with E-state index in [1.807, 2.05) is 39.0 Å². The van der Waals surface area contributed by atoms with Crippen molar-refractivity contribution in [3.8, 4) is 0 Å². The molecule has 0 radical (unpaired) electrons. The van der Waals surface area contributed by atoms with E-state index in [1.165, 1.54) is 4.90 Å². The molecule has 2 amide bonds. The van der Waals surface area contributed by atoms with Crippen molar-refractivity contribution in [3.05, 3.63) is 42.0 Å². The van der Waals surface area contributed by atoms with E-state index < -0.39 is 41.1 Å². The molecule has 1 aromatic carbocycles. The summed E-state index contributed by atoms with van der Waals surface area (Å²) in [6.45, 7) is 13.3. The topological polar surface area (TPSA) is 96.4 Å². The molecular weight excluding hydrogens is 460 g/mol. The van der Waals surface area contributed by atoms with Gasteiger partial charge in [-0.05, 0) is 58.1 Å². The number of fused-ring (bicyclic) bond motifs is 1. The van der Waals surface area contributed by atoms with E-state index in [-0.39, 0.29) is 31.6 Å². The minimum atomic E-state index is -1.17. The molecule has 1 N–H and O–H groups in total. The van der Waals surface area contributed by atoms with Crippen molar-refractivity contribution in [2.45, 2.75) is 77.2 Å². The number of anilines is 1. The Morgan fingerprint density at radius 1 is 1.31 bits per heavy atom. The van der Waals surface area contributed by atoms with Gasteiger partial charge in [0, 0.05) is 12.2 Å². The number of hydrogen-bond donors (Lipinski definition) is 1. The fraction of sp³-hybridized carbons (Fsp3) is 0.607. The summed E-state index contributed by atoms with van der Waals surface area (Å²) in [7, 11) is 0. The van der Waals surface area contributed by atoms with Gasteiger partial charge in [0.25, 0.3) is 5.91 Å². The first-order valence-electron chi connectivity index (χ1n) is 12.9. The number of rotatable bonds is 9. The number of aliphatic hydroxyl groups excluding tert-OH is 1. The van der Waals surface area contributed by atoms with E-state index in [2.05, 4.69) is 6.58 Å². The maximum Gasteiger partial charge on any atom is 0.312 e. The Morgan fingerprint density at radius 2 is 1.97 bits per heavy atom. The number of nitrogens with zero attached hydrogens (tertiary/aromatic N) is 2. The Hall–Kier alpha value is -2.71. The lowest BCUT2D eigenvalue weighted by Crippen LogP contribution is -2.58. The number of ether oxygens (including phenoxy) is 2. The number of amides is 2. The zero-order chi connectivity index (χ0) is 26.4. The highest BCUT2D eigenvalue weighted by molar-refractivity contribution is 6.05. The molecule has 2 bridgehead atoms. The molecule has 4 rings (SSSR count). The number of carbonyl (C=O) groups is 3. The van der Waals surface area contributed by atoms with E-state index >= 15 is 0 Å². The number of para-hydroxylation sites is 1. The first-order chi connectivity index (χ1) is 17.1. The van der Waals surface area contributed by atoms with Crippen LogP contribution in [-0.2, 0) is 23.9 Å². The van der Waals surface area contributed by atoms with Gasteiger partial charge in [-0.3, -0.25) is 14.4 Å². The monoisotopic (exact) mass is 498 g/mol. The Kier molecular flexibility index (Phi) is 7.05. The number of aryl methyl sites for hydroxylation is 2. The third-order valence-electron chi connectivity index (χ3n) is 8.42. The molecule has 2 unspecified atom stereocenters. The summed E-state index contributed by atoms with van der Waals surface area (Å²) in [6, 6.07) is 4.22. The highest BCUT2D eigenvalue weighted by Crippen LogP contribution is 2.64. The van der Waals surface area contributed by atoms with Crippen LogP contribution in [0.25, 0.3) is 0 Å². The Bertz CT molecular complexity index is 1050. The molecule has 3 aliphatic rings. The van der Waals surface area contributed by atoms with Gasteiger partial charge in [0.05, 0.1) is 30.8 Å². The van der Waals surface area contributed by atoms with Crippen LogP contribution in [0.4, 0.5) is 5.69 Å². The van der Waals surface area contributed by atoms with Crippen molar-refractivity contribution in [1.82, 2.24) is 4.90 Å². The summed E-state index contributed by atoms with van der Waals surface area (Å²) in [4.78, 5) is 44.9. The summed E-state index contributed by atoms with van der Waals surface area (Å²) in [5.41, 5.74) is 0.613. The average Bonchev–Trinajstić information content (AvgIpc) is 3.46. The minimum Gasteiger partial charge on any atom is -0.466 e. The Labute approximate surface area is 213 Å². The molecule has 3 fully saturated rings. The quantitative estimate of drug-likeness (QED) is 0.416. The summed E-state index contributed by atoms with van der Waals surface area (Å²) in [5.74, 6) is -2.70. The summed E-state index contributed by atoms with van der Waals surface area (Å²) in [5, 5.41) is 10.1. The molecule has 3 saturated heterocycles. The van der Waals surface area contributed by atoms with E-state index in [1.54, 1.807) is 24.8 Å². The molecule has 3 heterocycles. The summed E-state index contributed by atoms with van der Waals surface area (Å²) in [6.07, 6.45) is 3.24. The van der Waals surface area contributed by atoms with Gasteiger partial charge in [-0.2, -0.15) is 0 Å². The van der Waals surface area contributed by atoms with Crippen LogP contribution in [0.5, 0.6) is 0 Å². The molecule has 0 aromatic heterocycles. The van der Waals surface area contributed by atoms with E-state index in [0.717, 1.165) is 16.8 Å². The molecule has 196 valence electrons. The van der Waals surface area contributed by atoms with Gasteiger partial charge in [-0.15, -0.1) is 6.58 Å². The number of esters is 1. The highest BCUT2D eigenvalue weighted by Gasteiger charge is 2.79. The smallest absolute Gasteiger partial charge is 0.312 e. The number of benzene rings is 1. The van der Waals surface area contributed by atoms with E-state index in [4.69, 9.17) is 9.47 Å². The zero-order valence-electron chi connectivity index (χ0n) is 22.0. The maximum atomic E-state index is 14.5. The lowest BCUT2D eigenvalue weighted by molar-refractivity contribution is -0.161. The lowest BCUT2D eigenvalue weighted by Gasteiger charge is -2.39. The number of likely N-dealkylation sites (tertiary alicyclic amines) is 1. The molecule has 6 atom stereocenters. The van der Waals surface area contributed by atoms with Gasteiger partial charge < -0.3 is 24.4 Å². The van der Waals surface area contributed by atoms with Crippen molar-refractivity contribution >= 4 is 23.5 Å². The zero-order valence-corrected chi connectivity index (χ0v) is 22.0. The van der Waals surface area contributed by atoms with Crippen LogP contribution in [0, 0.1) is 25.7 Å². The third-order valence-corrected chi connectivity index (χ3v) is 8.42. The van der Waals surface area contributed by atoms with Crippen molar-refractivity contribution in [3.63, 3.8) is 0 Å². The van der Waals surface area contributed by atoms with E-state index in [0.29, 0.717) is 19.3 Å². The average molecular weight is 499 g/mol.